The molecular weight excluding hydrogens is 232 g/mol. The van der Waals surface area contributed by atoms with Crippen molar-refractivity contribution in [2.75, 3.05) is 10.2 Å². The number of para-hydroxylation sites is 3. The summed E-state index contributed by atoms with van der Waals surface area (Å²) in [5, 5.41) is 3.63. The molecule has 0 bridgehead atoms. The highest BCUT2D eigenvalue weighted by Crippen LogP contribution is 2.51. The summed E-state index contributed by atoms with van der Waals surface area (Å²) in [4.78, 5) is 2.38. The van der Waals surface area contributed by atoms with Gasteiger partial charge in [-0.15, -0.1) is 0 Å². The fourth-order valence-corrected chi connectivity index (χ4v) is 3.23. The molecule has 2 heterocycles. The van der Waals surface area contributed by atoms with Crippen molar-refractivity contribution in [1.82, 2.24) is 0 Å². The van der Waals surface area contributed by atoms with E-state index in [1.807, 2.05) is 0 Å². The molecule has 0 saturated heterocycles. The quantitative estimate of drug-likeness (QED) is 0.707. The first kappa shape index (κ1) is 10.7. The highest BCUT2D eigenvalue weighted by Gasteiger charge is 2.45. The largest absolute Gasteiger partial charge is 0.357 e. The van der Waals surface area contributed by atoms with Crippen molar-refractivity contribution >= 4 is 17.1 Å². The van der Waals surface area contributed by atoms with E-state index in [-0.39, 0.29) is 5.66 Å². The molecule has 1 N–H and O–H groups in total. The summed E-state index contributed by atoms with van der Waals surface area (Å²) in [5.74, 6) is 0. The maximum absolute atomic E-state index is 4.31. The maximum atomic E-state index is 4.31. The number of fused-ring (bicyclic) bond motifs is 5. The second-order valence-electron chi connectivity index (χ2n) is 5.46. The van der Waals surface area contributed by atoms with Gasteiger partial charge in [-0.05, 0) is 42.7 Å². The Morgan fingerprint density at radius 3 is 2.58 bits per heavy atom. The van der Waals surface area contributed by atoms with E-state index in [9.17, 15) is 0 Å². The van der Waals surface area contributed by atoms with Crippen LogP contribution in [0.4, 0.5) is 17.1 Å². The Morgan fingerprint density at radius 2 is 1.74 bits per heavy atom. The van der Waals surface area contributed by atoms with Gasteiger partial charge in [0.1, 0.15) is 5.66 Å². The van der Waals surface area contributed by atoms with E-state index in [1.165, 1.54) is 28.2 Å². The number of hydrogen-bond acceptors (Lipinski definition) is 2. The summed E-state index contributed by atoms with van der Waals surface area (Å²) < 4.78 is 0. The Morgan fingerprint density at radius 1 is 1.05 bits per heavy atom. The molecule has 2 aliphatic rings. The van der Waals surface area contributed by atoms with E-state index in [4.69, 9.17) is 0 Å². The fourth-order valence-electron chi connectivity index (χ4n) is 3.23. The Bertz CT molecular complexity index is 689. The van der Waals surface area contributed by atoms with Crippen LogP contribution in [0.1, 0.15) is 12.5 Å². The Hall–Kier alpha value is -2.22. The number of nitrogens with zero attached hydrogens (tertiary/aromatic N) is 1. The number of nitrogens with one attached hydrogen (secondary N) is 1. The SMILES string of the molecule is C=C1Cc2ccccc2N2c3ccccc3N[C@@]12C. The van der Waals surface area contributed by atoms with E-state index in [0.29, 0.717) is 0 Å². The zero-order valence-corrected chi connectivity index (χ0v) is 11.0. The van der Waals surface area contributed by atoms with Crippen LogP contribution >= 0.6 is 0 Å². The topological polar surface area (TPSA) is 15.3 Å². The maximum Gasteiger partial charge on any atom is 0.134 e. The summed E-state index contributed by atoms with van der Waals surface area (Å²) in [7, 11) is 0. The normalized spacial score (nSPS) is 23.4. The average molecular weight is 248 g/mol. The number of rotatable bonds is 0. The minimum atomic E-state index is -0.210. The predicted molar refractivity (Wildman–Crippen MR) is 79.9 cm³/mol. The van der Waals surface area contributed by atoms with Gasteiger partial charge in [0.25, 0.3) is 0 Å². The van der Waals surface area contributed by atoms with Gasteiger partial charge in [0, 0.05) is 5.69 Å². The minimum absolute atomic E-state index is 0.210. The Labute approximate surface area is 113 Å². The van der Waals surface area contributed by atoms with Crippen molar-refractivity contribution in [3.8, 4) is 0 Å². The van der Waals surface area contributed by atoms with Crippen LogP contribution in [0.2, 0.25) is 0 Å². The smallest absolute Gasteiger partial charge is 0.134 e. The second-order valence-corrected chi connectivity index (χ2v) is 5.46. The van der Waals surface area contributed by atoms with Crippen LogP contribution < -0.4 is 10.2 Å². The van der Waals surface area contributed by atoms with Gasteiger partial charge in [-0.1, -0.05) is 36.9 Å². The number of benzene rings is 2. The number of hydrogen-bond donors (Lipinski definition) is 1. The molecule has 0 amide bonds. The molecule has 0 aromatic heterocycles. The van der Waals surface area contributed by atoms with Gasteiger partial charge in [-0.2, -0.15) is 0 Å². The van der Waals surface area contributed by atoms with E-state index < -0.39 is 0 Å². The van der Waals surface area contributed by atoms with Gasteiger partial charge in [0.15, 0.2) is 0 Å². The third-order valence-electron chi connectivity index (χ3n) is 4.30. The molecular formula is C17H16N2. The van der Waals surface area contributed by atoms with Crippen LogP contribution in [0.25, 0.3) is 0 Å². The van der Waals surface area contributed by atoms with E-state index in [0.717, 1.165) is 6.42 Å². The molecule has 2 heteroatoms. The molecule has 0 radical (unpaired) electrons. The van der Waals surface area contributed by atoms with Crippen molar-refractivity contribution in [3.63, 3.8) is 0 Å². The fraction of sp³-hybridized carbons (Fsp3) is 0.176. The Balaban J connectivity index is 2.01. The molecule has 0 fully saturated rings. The molecule has 0 saturated carbocycles. The zero-order chi connectivity index (χ0) is 13.0. The molecule has 2 aromatic carbocycles. The van der Waals surface area contributed by atoms with Gasteiger partial charge in [0.05, 0.1) is 11.4 Å². The number of anilines is 3. The molecule has 94 valence electrons. The monoisotopic (exact) mass is 248 g/mol. The highest BCUT2D eigenvalue weighted by atomic mass is 15.4. The summed E-state index contributed by atoms with van der Waals surface area (Å²) in [6, 6.07) is 17.1. The van der Waals surface area contributed by atoms with E-state index in [2.05, 4.69) is 72.3 Å². The second kappa shape index (κ2) is 3.41. The van der Waals surface area contributed by atoms with Crippen molar-refractivity contribution in [3.05, 3.63) is 66.2 Å². The Kier molecular flexibility index (Phi) is 1.92. The third kappa shape index (κ3) is 1.26. The molecule has 4 rings (SSSR count). The van der Waals surface area contributed by atoms with Crippen molar-refractivity contribution in [2.45, 2.75) is 19.0 Å². The molecule has 2 nitrogen and oxygen atoms in total. The van der Waals surface area contributed by atoms with Crippen LogP contribution in [0, 0.1) is 0 Å². The lowest BCUT2D eigenvalue weighted by atomic mass is 9.88. The molecule has 0 aliphatic carbocycles. The molecule has 2 aromatic rings. The zero-order valence-electron chi connectivity index (χ0n) is 11.0. The van der Waals surface area contributed by atoms with Gasteiger partial charge < -0.3 is 10.2 Å². The van der Waals surface area contributed by atoms with Crippen LogP contribution in [0.3, 0.4) is 0 Å². The van der Waals surface area contributed by atoms with Crippen LogP contribution in [-0.2, 0) is 6.42 Å². The minimum Gasteiger partial charge on any atom is -0.357 e. The van der Waals surface area contributed by atoms with Crippen molar-refractivity contribution in [2.24, 2.45) is 0 Å². The summed E-state index contributed by atoms with van der Waals surface area (Å²) in [6.45, 7) is 6.52. The van der Waals surface area contributed by atoms with Gasteiger partial charge in [-0.25, -0.2) is 0 Å². The molecule has 0 spiro atoms. The first-order valence-corrected chi connectivity index (χ1v) is 6.64. The summed E-state index contributed by atoms with van der Waals surface area (Å²) in [6.07, 6.45) is 0.935. The van der Waals surface area contributed by atoms with Crippen LogP contribution in [0.15, 0.2) is 60.7 Å². The van der Waals surface area contributed by atoms with Gasteiger partial charge in [-0.3, -0.25) is 0 Å². The van der Waals surface area contributed by atoms with Gasteiger partial charge >= 0.3 is 0 Å². The van der Waals surface area contributed by atoms with Crippen LogP contribution in [0.5, 0.6) is 0 Å². The van der Waals surface area contributed by atoms with Crippen molar-refractivity contribution in [1.29, 1.82) is 0 Å². The van der Waals surface area contributed by atoms with E-state index in [1.54, 1.807) is 0 Å². The first-order chi connectivity index (χ1) is 9.20. The highest BCUT2D eigenvalue weighted by molar-refractivity contribution is 5.88. The van der Waals surface area contributed by atoms with Crippen LogP contribution in [-0.4, -0.2) is 5.66 Å². The predicted octanol–water partition coefficient (Wildman–Crippen LogP) is 4.08. The lowest BCUT2D eigenvalue weighted by molar-refractivity contribution is 0.598. The summed E-state index contributed by atoms with van der Waals surface area (Å²) in [5.41, 5.74) is 6.06. The molecule has 2 aliphatic heterocycles. The summed E-state index contributed by atoms with van der Waals surface area (Å²) >= 11 is 0. The molecule has 1 atom stereocenters. The van der Waals surface area contributed by atoms with E-state index >= 15 is 0 Å². The lowest BCUT2D eigenvalue weighted by Gasteiger charge is -2.43. The molecule has 0 unspecified atom stereocenters. The average Bonchev–Trinajstić information content (AvgIpc) is 2.73. The first-order valence-electron chi connectivity index (χ1n) is 6.64. The third-order valence-corrected chi connectivity index (χ3v) is 4.30. The van der Waals surface area contributed by atoms with Crippen molar-refractivity contribution < 1.29 is 0 Å². The van der Waals surface area contributed by atoms with Gasteiger partial charge in [0.2, 0.25) is 0 Å². The lowest BCUT2D eigenvalue weighted by Crippen LogP contribution is -2.50. The standard InChI is InChI=1S/C17H16N2/c1-12-11-13-7-3-5-9-15(13)19-16-10-6-4-8-14(16)18-17(12,19)2/h3-10,18H,1,11H2,2H3/t17-/m1/s1. The molecule has 19 heavy (non-hydrogen) atoms.